The molecule has 4 nitrogen and oxygen atoms in total. The normalized spacial score (nSPS) is 17.5. The third kappa shape index (κ3) is 2.91. The molecule has 1 fully saturated rings. The summed E-state index contributed by atoms with van der Waals surface area (Å²) in [5.74, 6) is 0. The van der Waals surface area contributed by atoms with Crippen molar-refractivity contribution in [2.45, 2.75) is 19.4 Å². The molecular weight excluding hydrogens is 264 g/mol. The lowest BCUT2D eigenvalue weighted by Gasteiger charge is -2.37. The van der Waals surface area contributed by atoms with E-state index in [0.29, 0.717) is 23.9 Å². The number of nitrogens with zero attached hydrogens (tertiary/aromatic N) is 2. The number of aliphatic imine (C=N–C) groups is 1. The molecule has 0 spiro atoms. The number of halogens is 1. The van der Waals surface area contributed by atoms with Crippen molar-refractivity contribution in [2.75, 3.05) is 26.8 Å². The predicted octanol–water partition coefficient (Wildman–Crippen LogP) is 2.48. The van der Waals surface area contributed by atoms with Gasteiger partial charge in [0, 0.05) is 13.6 Å². The van der Waals surface area contributed by atoms with Crippen LogP contribution in [0.25, 0.3) is 0 Å². The first-order valence-corrected chi connectivity index (χ1v) is 6.69. The summed E-state index contributed by atoms with van der Waals surface area (Å²) in [6, 6.07) is 3.69. The Bertz CT molecular complexity index is 498. The Morgan fingerprint density at radius 3 is 2.74 bits per heavy atom. The molecule has 5 heteroatoms. The highest BCUT2D eigenvalue weighted by atomic mass is 35.5. The van der Waals surface area contributed by atoms with E-state index in [0.717, 1.165) is 17.7 Å². The van der Waals surface area contributed by atoms with E-state index in [2.05, 4.69) is 4.99 Å². The number of ether oxygens (including phenoxy) is 1. The lowest BCUT2D eigenvalue weighted by atomic mass is 9.88. The Balaban J connectivity index is 2.29. The molecule has 0 bridgehead atoms. The second-order valence-electron chi connectivity index (χ2n) is 4.96. The minimum absolute atomic E-state index is 0.325. The Morgan fingerprint density at radius 1 is 1.53 bits per heavy atom. The summed E-state index contributed by atoms with van der Waals surface area (Å²) < 4.78 is 5.08. The summed E-state index contributed by atoms with van der Waals surface area (Å²) in [6.45, 7) is 5.53. The highest BCUT2D eigenvalue weighted by molar-refractivity contribution is 6.33. The molecule has 1 aliphatic heterocycles. The van der Waals surface area contributed by atoms with Crippen LogP contribution in [0.5, 0.6) is 0 Å². The Hall–Kier alpha value is -1.10. The van der Waals surface area contributed by atoms with Crippen molar-refractivity contribution in [1.82, 2.24) is 4.90 Å². The van der Waals surface area contributed by atoms with Gasteiger partial charge in [0.1, 0.15) is 5.60 Å². The number of hydrogen-bond acceptors (Lipinski definition) is 3. The van der Waals surface area contributed by atoms with E-state index >= 15 is 0 Å². The first-order valence-electron chi connectivity index (χ1n) is 6.31. The van der Waals surface area contributed by atoms with Crippen LogP contribution in [0.1, 0.15) is 18.1 Å². The van der Waals surface area contributed by atoms with Gasteiger partial charge in [0.2, 0.25) is 0 Å². The zero-order chi connectivity index (χ0) is 14.0. The summed E-state index contributed by atoms with van der Waals surface area (Å²) >= 11 is 6.23. The maximum atomic E-state index is 10.3. The zero-order valence-corrected chi connectivity index (χ0v) is 12.2. The summed E-state index contributed by atoms with van der Waals surface area (Å²) in [6.07, 6.45) is 1.75. The van der Waals surface area contributed by atoms with Crippen LogP contribution in [0, 0.1) is 6.92 Å². The monoisotopic (exact) mass is 282 g/mol. The maximum Gasteiger partial charge on any atom is 0.136 e. The van der Waals surface area contributed by atoms with Gasteiger partial charge in [-0.3, -0.25) is 0 Å². The van der Waals surface area contributed by atoms with Crippen LogP contribution >= 0.6 is 11.6 Å². The van der Waals surface area contributed by atoms with Crippen molar-refractivity contribution >= 4 is 23.6 Å². The van der Waals surface area contributed by atoms with Gasteiger partial charge in [-0.15, -0.1) is 0 Å². The van der Waals surface area contributed by atoms with E-state index in [1.54, 1.807) is 12.4 Å². The van der Waals surface area contributed by atoms with E-state index in [-0.39, 0.29) is 0 Å². The van der Waals surface area contributed by atoms with Crippen LogP contribution in [0.2, 0.25) is 5.02 Å². The average Bonchev–Trinajstić information content (AvgIpc) is 2.36. The third-order valence-corrected chi connectivity index (χ3v) is 3.67. The summed E-state index contributed by atoms with van der Waals surface area (Å²) in [5.41, 5.74) is 1.62. The molecule has 1 aromatic rings. The van der Waals surface area contributed by atoms with E-state index in [4.69, 9.17) is 16.3 Å². The van der Waals surface area contributed by atoms with Crippen molar-refractivity contribution in [3.05, 3.63) is 28.3 Å². The largest absolute Gasteiger partial charge is 0.380 e. The van der Waals surface area contributed by atoms with Crippen molar-refractivity contribution in [2.24, 2.45) is 4.99 Å². The Labute approximate surface area is 118 Å². The molecule has 0 amide bonds. The first kappa shape index (κ1) is 14.3. The van der Waals surface area contributed by atoms with Crippen LogP contribution < -0.4 is 0 Å². The molecule has 104 valence electrons. The zero-order valence-electron chi connectivity index (χ0n) is 11.5. The molecule has 19 heavy (non-hydrogen) atoms. The van der Waals surface area contributed by atoms with Gasteiger partial charge in [-0.1, -0.05) is 11.6 Å². The third-order valence-electron chi connectivity index (χ3n) is 3.37. The minimum Gasteiger partial charge on any atom is -0.380 e. The molecule has 2 rings (SSSR count). The maximum absolute atomic E-state index is 10.3. The van der Waals surface area contributed by atoms with Gasteiger partial charge in [-0.05, 0) is 37.1 Å². The minimum atomic E-state index is -0.893. The lowest BCUT2D eigenvalue weighted by Crippen LogP contribution is -2.47. The molecule has 1 aliphatic rings. The summed E-state index contributed by atoms with van der Waals surface area (Å²) in [7, 11) is 1.95. The molecule has 0 atom stereocenters. The van der Waals surface area contributed by atoms with Gasteiger partial charge in [0.15, 0.2) is 0 Å². The van der Waals surface area contributed by atoms with Gasteiger partial charge in [0.05, 0.1) is 30.3 Å². The standard InChI is InChI=1S/C14H19ClN2O2/c1-4-17(3)9-16-13-5-10(2)11(6-12(13)15)14(18)7-19-8-14/h5-6,9,18H,4,7-8H2,1-3H3/b16-9+. The topological polar surface area (TPSA) is 45.1 Å². The molecule has 1 heterocycles. The van der Waals surface area contributed by atoms with Crippen molar-refractivity contribution in [3.63, 3.8) is 0 Å². The fourth-order valence-corrected chi connectivity index (χ4v) is 2.17. The summed E-state index contributed by atoms with van der Waals surface area (Å²) in [5, 5.41) is 10.8. The molecule has 0 saturated carbocycles. The van der Waals surface area contributed by atoms with Gasteiger partial charge < -0.3 is 14.7 Å². The summed E-state index contributed by atoms with van der Waals surface area (Å²) in [4.78, 5) is 6.33. The highest BCUT2D eigenvalue weighted by Gasteiger charge is 2.39. The van der Waals surface area contributed by atoms with Crippen molar-refractivity contribution < 1.29 is 9.84 Å². The predicted molar refractivity (Wildman–Crippen MR) is 77.4 cm³/mol. The first-order chi connectivity index (χ1) is 8.96. The number of aliphatic hydroxyl groups is 1. The number of aryl methyl sites for hydroxylation is 1. The molecule has 1 aromatic carbocycles. The molecule has 1 N–H and O–H groups in total. The molecule has 0 aromatic heterocycles. The number of hydrogen-bond donors (Lipinski definition) is 1. The smallest absolute Gasteiger partial charge is 0.136 e. The van der Waals surface area contributed by atoms with Crippen molar-refractivity contribution in [3.8, 4) is 0 Å². The molecule has 0 radical (unpaired) electrons. The Kier molecular flexibility index (Phi) is 4.13. The molecule has 0 unspecified atom stereocenters. The van der Waals surface area contributed by atoms with Crippen LogP contribution in [0.4, 0.5) is 5.69 Å². The second kappa shape index (κ2) is 5.49. The number of benzene rings is 1. The van der Waals surface area contributed by atoms with E-state index in [1.165, 1.54) is 0 Å². The van der Waals surface area contributed by atoms with Crippen LogP contribution in [0.15, 0.2) is 17.1 Å². The SMILES string of the molecule is CCN(C)/C=N/c1cc(C)c(C2(O)COC2)cc1Cl. The van der Waals surface area contributed by atoms with E-state index in [9.17, 15) is 5.11 Å². The highest BCUT2D eigenvalue weighted by Crippen LogP contribution is 2.37. The van der Waals surface area contributed by atoms with Gasteiger partial charge in [-0.25, -0.2) is 4.99 Å². The Morgan fingerprint density at radius 2 is 2.21 bits per heavy atom. The average molecular weight is 283 g/mol. The van der Waals surface area contributed by atoms with Gasteiger partial charge in [-0.2, -0.15) is 0 Å². The molecular formula is C14H19ClN2O2. The second-order valence-corrected chi connectivity index (χ2v) is 5.37. The fourth-order valence-electron chi connectivity index (χ4n) is 1.96. The quantitative estimate of drug-likeness (QED) is 0.682. The van der Waals surface area contributed by atoms with Gasteiger partial charge >= 0.3 is 0 Å². The molecule has 1 saturated heterocycles. The van der Waals surface area contributed by atoms with Crippen LogP contribution in [-0.4, -0.2) is 43.2 Å². The number of rotatable bonds is 4. The fraction of sp³-hybridized carbons (Fsp3) is 0.500. The van der Waals surface area contributed by atoms with Gasteiger partial charge in [0.25, 0.3) is 0 Å². The molecule has 0 aliphatic carbocycles. The van der Waals surface area contributed by atoms with Crippen LogP contribution in [-0.2, 0) is 10.3 Å². The van der Waals surface area contributed by atoms with Crippen molar-refractivity contribution in [1.29, 1.82) is 0 Å². The van der Waals surface area contributed by atoms with E-state index in [1.807, 2.05) is 31.9 Å². The van der Waals surface area contributed by atoms with Crippen LogP contribution in [0.3, 0.4) is 0 Å². The lowest BCUT2D eigenvalue weighted by molar-refractivity contribution is -0.184. The van der Waals surface area contributed by atoms with E-state index < -0.39 is 5.60 Å².